The zero-order valence-electron chi connectivity index (χ0n) is 14.1. The number of nitrogens with zero attached hydrogens (tertiary/aromatic N) is 2. The monoisotopic (exact) mass is 354 g/mol. The van der Waals surface area contributed by atoms with Crippen molar-refractivity contribution < 1.29 is 4.79 Å². The number of benzene rings is 2. The quantitative estimate of drug-likeness (QED) is 0.653. The summed E-state index contributed by atoms with van der Waals surface area (Å²) in [6.07, 6.45) is 1.50. The van der Waals surface area contributed by atoms with Gasteiger partial charge < -0.3 is 10.6 Å². The van der Waals surface area contributed by atoms with Crippen LogP contribution in [0.1, 0.15) is 25.3 Å². The van der Waals surface area contributed by atoms with Crippen molar-refractivity contribution in [2.45, 2.75) is 19.8 Å². The van der Waals surface area contributed by atoms with E-state index in [1.165, 1.54) is 11.9 Å². The third kappa shape index (κ3) is 4.06. The van der Waals surface area contributed by atoms with E-state index in [1.54, 1.807) is 6.07 Å². The van der Waals surface area contributed by atoms with Gasteiger partial charge in [0.1, 0.15) is 18.0 Å². The molecular formula is C19H19ClN4O. The molecule has 0 aliphatic rings. The van der Waals surface area contributed by atoms with Crippen molar-refractivity contribution in [2.75, 3.05) is 16.5 Å². The van der Waals surface area contributed by atoms with Crippen LogP contribution < -0.4 is 10.6 Å². The highest BCUT2D eigenvalue weighted by Gasteiger charge is 2.07. The van der Waals surface area contributed by atoms with Crippen LogP contribution in [0.2, 0.25) is 0 Å². The van der Waals surface area contributed by atoms with Gasteiger partial charge >= 0.3 is 0 Å². The molecule has 2 N–H and O–H groups in total. The zero-order chi connectivity index (χ0) is 17.8. The summed E-state index contributed by atoms with van der Waals surface area (Å²) in [5, 5.41) is 6.92. The lowest BCUT2D eigenvalue weighted by molar-refractivity contribution is -0.113. The average molecular weight is 355 g/mol. The first-order valence-electron chi connectivity index (χ1n) is 8.04. The Morgan fingerprint density at radius 3 is 2.48 bits per heavy atom. The first-order valence-corrected chi connectivity index (χ1v) is 8.58. The van der Waals surface area contributed by atoms with E-state index in [2.05, 4.69) is 46.6 Å². The Kier molecular flexibility index (Phi) is 5.14. The first kappa shape index (κ1) is 17.2. The summed E-state index contributed by atoms with van der Waals surface area (Å²) in [5.41, 5.74) is 3.65. The number of aromatic nitrogens is 2. The molecule has 0 spiro atoms. The summed E-state index contributed by atoms with van der Waals surface area (Å²) < 4.78 is 0. The molecule has 0 fully saturated rings. The van der Waals surface area contributed by atoms with E-state index >= 15 is 0 Å². The number of nitrogens with one attached hydrogen (secondary N) is 2. The Hall–Kier alpha value is -2.66. The molecular weight excluding hydrogens is 336 g/mol. The van der Waals surface area contributed by atoms with E-state index in [0.717, 1.165) is 22.4 Å². The summed E-state index contributed by atoms with van der Waals surface area (Å²) in [4.78, 5) is 20.0. The number of carbonyl (C=O) groups is 1. The van der Waals surface area contributed by atoms with E-state index in [-0.39, 0.29) is 11.8 Å². The van der Waals surface area contributed by atoms with Gasteiger partial charge in [0.15, 0.2) is 0 Å². The van der Waals surface area contributed by atoms with Crippen LogP contribution in [0.25, 0.3) is 10.9 Å². The van der Waals surface area contributed by atoms with Gasteiger partial charge in [-0.25, -0.2) is 9.97 Å². The lowest BCUT2D eigenvalue weighted by Gasteiger charge is -2.11. The third-order valence-corrected chi connectivity index (χ3v) is 4.12. The fourth-order valence-electron chi connectivity index (χ4n) is 2.52. The van der Waals surface area contributed by atoms with Crippen molar-refractivity contribution in [1.29, 1.82) is 0 Å². The van der Waals surface area contributed by atoms with Crippen LogP contribution in [0, 0.1) is 0 Å². The SMILES string of the molecule is CC(C)c1ccc(Nc2ncnc3cc(NC(=O)CCl)ccc23)cc1. The van der Waals surface area contributed by atoms with Crippen LogP contribution in [0.5, 0.6) is 0 Å². The van der Waals surface area contributed by atoms with Crippen molar-refractivity contribution >= 4 is 45.6 Å². The van der Waals surface area contributed by atoms with E-state index in [9.17, 15) is 4.79 Å². The molecule has 0 bridgehead atoms. The molecule has 3 aromatic rings. The van der Waals surface area contributed by atoms with Crippen LogP contribution >= 0.6 is 11.6 Å². The number of fused-ring (bicyclic) bond motifs is 1. The normalized spacial score (nSPS) is 10.9. The van der Waals surface area contributed by atoms with Gasteiger partial charge in [-0.3, -0.25) is 4.79 Å². The minimum atomic E-state index is -0.251. The molecule has 0 aliphatic heterocycles. The lowest BCUT2D eigenvalue weighted by Crippen LogP contribution is -2.12. The Morgan fingerprint density at radius 1 is 1.08 bits per heavy atom. The molecule has 0 saturated carbocycles. The van der Waals surface area contributed by atoms with Crippen molar-refractivity contribution in [2.24, 2.45) is 0 Å². The van der Waals surface area contributed by atoms with Crippen molar-refractivity contribution in [1.82, 2.24) is 9.97 Å². The van der Waals surface area contributed by atoms with E-state index in [1.807, 2.05) is 24.3 Å². The molecule has 0 unspecified atom stereocenters. The van der Waals surface area contributed by atoms with Crippen LogP contribution in [-0.4, -0.2) is 21.8 Å². The summed E-state index contributed by atoms with van der Waals surface area (Å²) in [6.45, 7) is 4.34. The van der Waals surface area contributed by atoms with E-state index in [4.69, 9.17) is 11.6 Å². The smallest absolute Gasteiger partial charge is 0.239 e. The molecule has 0 saturated heterocycles. The topological polar surface area (TPSA) is 66.9 Å². The van der Waals surface area contributed by atoms with Gasteiger partial charge in [0.25, 0.3) is 0 Å². The maximum atomic E-state index is 11.4. The lowest BCUT2D eigenvalue weighted by atomic mass is 10.0. The highest BCUT2D eigenvalue weighted by Crippen LogP contribution is 2.26. The van der Waals surface area contributed by atoms with Crippen LogP contribution in [0.4, 0.5) is 17.2 Å². The predicted molar refractivity (Wildman–Crippen MR) is 103 cm³/mol. The van der Waals surface area contributed by atoms with Gasteiger partial charge in [-0.05, 0) is 41.8 Å². The summed E-state index contributed by atoms with van der Waals surface area (Å²) >= 11 is 5.52. The first-order chi connectivity index (χ1) is 12.1. The summed E-state index contributed by atoms with van der Waals surface area (Å²) in [7, 11) is 0. The largest absolute Gasteiger partial charge is 0.340 e. The van der Waals surface area contributed by atoms with Gasteiger partial charge in [-0.2, -0.15) is 0 Å². The molecule has 1 amide bonds. The van der Waals surface area contributed by atoms with E-state index in [0.29, 0.717) is 11.6 Å². The van der Waals surface area contributed by atoms with Gasteiger partial charge in [-0.1, -0.05) is 26.0 Å². The van der Waals surface area contributed by atoms with Gasteiger partial charge in [0.05, 0.1) is 5.52 Å². The molecule has 3 rings (SSSR count). The van der Waals surface area contributed by atoms with Gasteiger partial charge in [0.2, 0.25) is 5.91 Å². The number of rotatable bonds is 5. The minimum Gasteiger partial charge on any atom is -0.340 e. The second-order valence-electron chi connectivity index (χ2n) is 6.04. The van der Waals surface area contributed by atoms with Gasteiger partial charge in [-0.15, -0.1) is 11.6 Å². The molecule has 1 heterocycles. The minimum absolute atomic E-state index is 0.0824. The maximum absolute atomic E-state index is 11.4. The molecule has 0 atom stereocenters. The third-order valence-electron chi connectivity index (χ3n) is 3.88. The second kappa shape index (κ2) is 7.49. The molecule has 5 nitrogen and oxygen atoms in total. The van der Waals surface area contributed by atoms with E-state index < -0.39 is 0 Å². The summed E-state index contributed by atoms with van der Waals surface area (Å²) in [6, 6.07) is 13.8. The molecule has 1 aromatic heterocycles. The van der Waals surface area contributed by atoms with Crippen molar-refractivity contribution in [3.05, 3.63) is 54.4 Å². The Balaban J connectivity index is 1.87. The fraction of sp³-hybridized carbons (Fsp3) is 0.211. The van der Waals surface area contributed by atoms with Crippen molar-refractivity contribution in [3.63, 3.8) is 0 Å². The number of anilines is 3. The molecule has 25 heavy (non-hydrogen) atoms. The molecule has 6 heteroatoms. The highest BCUT2D eigenvalue weighted by molar-refractivity contribution is 6.29. The number of hydrogen-bond donors (Lipinski definition) is 2. The second-order valence-corrected chi connectivity index (χ2v) is 6.30. The Labute approximate surface area is 151 Å². The fourth-order valence-corrected chi connectivity index (χ4v) is 2.58. The molecule has 0 radical (unpaired) electrons. The maximum Gasteiger partial charge on any atom is 0.239 e. The predicted octanol–water partition coefficient (Wildman–Crippen LogP) is 4.67. The molecule has 128 valence electrons. The Bertz CT molecular complexity index is 894. The van der Waals surface area contributed by atoms with Crippen LogP contribution in [0.15, 0.2) is 48.8 Å². The summed E-state index contributed by atoms with van der Waals surface area (Å²) in [5.74, 6) is 0.882. The highest BCUT2D eigenvalue weighted by atomic mass is 35.5. The molecule has 0 aliphatic carbocycles. The van der Waals surface area contributed by atoms with Crippen LogP contribution in [0.3, 0.4) is 0 Å². The number of halogens is 1. The number of carbonyl (C=O) groups excluding carboxylic acids is 1. The number of hydrogen-bond acceptors (Lipinski definition) is 4. The number of amides is 1. The van der Waals surface area contributed by atoms with Crippen LogP contribution in [-0.2, 0) is 4.79 Å². The molecule has 2 aromatic carbocycles. The number of alkyl halides is 1. The van der Waals surface area contributed by atoms with Gasteiger partial charge in [0, 0.05) is 16.8 Å². The zero-order valence-corrected chi connectivity index (χ0v) is 14.8. The van der Waals surface area contributed by atoms with Crippen molar-refractivity contribution in [3.8, 4) is 0 Å². The Morgan fingerprint density at radius 2 is 1.80 bits per heavy atom. The standard InChI is InChI=1S/C19H19ClN4O/c1-12(2)13-3-5-14(6-4-13)24-19-16-8-7-15(23-18(25)10-20)9-17(16)21-11-22-19/h3-9,11-12H,10H2,1-2H3,(H,23,25)(H,21,22,24). The average Bonchev–Trinajstić information content (AvgIpc) is 2.62.